The van der Waals surface area contributed by atoms with Gasteiger partial charge in [0.25, 0.3) is 5.91 Å². The summed E-state index contributed by atoms with van der Waals surface area (Å²) in [5.74, 6) is 0.137. The molecule has 1 aliphatic heterocycles. The predicted molar refractivity (Wildman–Crippen MR) is 79.4 cm³/mol. The third kappa shape index (κ3) is 2.50. The van der Waals surface area contributed by atoms with Crippen LogP contribution in [0.2, 0.25) is 0 Å². The van der Waals surface area contributed by atoms with Gasteiger partial charge < -0.3 is 10.6 Å². The number of thiophene rings is 1. The molecule has 19 heavy (non-hydrogen) atoms. The fourth-order valence-electron chi connectivity index (χ4n) is 3.62. The average Bonchev–Trinajstić information content (AvgIpc) is 2.86. The van der Waals surface area contributed by atoms with E-state index in [1.165, 1.54) is 56.3 Å². The number of carbonyl (C=O) groups excluding carboxylic acids is 1. The molecule has 1 aromatic heterocycles. The molecular formula is C15H22N2OS. The highest BCUT2D eigenvalue weighted by Crippen LogP contribution is 2.44. The number of carbonyl (C=O) groups is 1. The van der Waals surface area contributed by atoms with Gasteiger partial charge in [0, 0.05) is 13.1 Å². The van der Waals surface area contributed by atoms with Crippen LogP contribution >= 0.6 is 11.3 Å². The molecule has 3 nitrogen and oxygen atoms in total. The first-order valence-electron chi connectivity index (χ1n) is 7.32. The van der Waals surface area contributed by atoms with Crippen LogP contribution in [-0.2, 0) is 0 Å². The molecule has 1 saturated heterocycles. The van der Waals surface area contributed by atoms with Crippen LogP contribution in [0.15, 0.2) is 11.4 Å². The second-order valence-corrected chi connectivity index (χ2v) is 6.97. The molecule has 1 spiro atoms. The quantitative estimate of drug-likeness (QED) is 0.854. The van der Waals surface area contributed by atoms with Crippen LogP contribution in [-0.4, -0.2) is 23.9 Å². The molecule has 0 atom stereocenters. The second-order valence-electron chi connectivity index (χ2n) is 6.06. The van der Waals surface area contributed by atoms with Crippen LogP contribution in [0.4, 0.5) is 5.69 Å². The van der Waals surface area contributed by atoms with Crippen molar-refractivity contribution in [3.8, 4) is 0 Å². The first-order chi connectivity index (χ1) is 9.20. The van der Waals surface area contributed by atoms with Gasteiger partial charge in [-0.1, -0.05) is 19.3 Å². The Labute approximate surface area is 118 Å². The van der Waals surface area contributed by atoms with Crippen molar-refractivity contribution in [2.45, 2.75) is 44.9 Å². The summed E-state index contributed by atoms with van der Waals surface area (Å²) in [7, 11) is 0. The molecule has 3 rings (SSSR count). The molecule has 0 bridgehead atoms. The number of hydrogen-bond acceptors (Lipinski definition) is 3. The van der Waals surface area contributed by atoms with E-state index >= 15 is 0 Å². The van der Waals surface area contributed by atoms with Crippen LogP contribution < -0.4 is 5.73 Å². The number of amides is 1. The third-order valence-corrected chi connectivity index (χ3v) is 5.83. The van der Waals surface area contributed by atoms with Crippen molar-refractivity contribution in [2.75, 3.05) is 18.8 Å². The first kappa shape index (κ1) is 13.0. The van der Waals surface area contributed by atoms with Gasteiger partial charge in [0.2, 0.25) is 0 Å². The zero-order chi connectivity index (χ0) is 13.3. The summed E-state index contributed by atoms with van der Waals surface area (Å²) in [5, 5.41) is 1.90. The highest BCUT2D eigenvalue weighted by atomic mass is 32.1. The van der Waals surface area contributed by atoms with Gasteiger partial charge in [0.05, 0.1) is 5.69 Å². The number of nitrogens with two attached hydrogens (primary N) is 1. The van der Waals surface area contributed by atoms with Crippen molar-refractivity contribution < 1.29 is 4.79 Å². The van der Waals surface area contributed by atoms with Gasteiger partial charge in [-0.3, -0.25) is 4.79 Å². The maximum absolute atomic E-state index is 12.4. The number of nitrogen functional groups attached to an aromatic ring is 1. The second kappa shape index (κ2) is 5.16. The molecule has 2 aliphatic rings. The van der Waals surface area contributed by atoms with E-state index in [1.54, 1.807) is 0 Å². The molecule has 104 valence electrons. The summed E-state index contributed by atoms with van der Waals surface area (Å²) >= 11 is 1.46. The molecule has 0 aromatic carbocycles. The minimum Gasteiger partial charge on any atom is -0.397 e. The molecular weight excluding hydrogens is 256 g/mol. The standard InChI is InChI=1S/C15H22N2OS/c16-12-4-11-19-13(12)14(18)17-9-7-15(8-10-17)5-2-1-3-6-15/h4,11H,1-3,5-10,16H2. The zero-order valence-corrected chi connectivity index (χ0v) is 12.2. The Bertz CT molecular complexity index is 452. The van der Waals surface area contributed by atoms with Gasteiger partial charge in [-0.2, -0.15) is 0 Å². The molecule has 1 amide bonds. The largest absolute Gasteiger partial charge is 0.397 e. The van der Waals surface area contributed by atoms with Crippen LogP contribution in [0.25, 0.3) is 0 Å². The van der Waals surface area contributed by atoms with Crippen molar-refractivity contribution in [3.63, 3.8) is 0 Å². The van der Waals surface area contributed by atoms with E-state index in [0.29, 0.717) is 11.1 Å². The van der Waals surface area contributed by atoms with E-state index < -0.39 is 0 Å². The van der Waals surface area contributed by atoms with E-state index in [4.69, 9.17) is 5.73 Å². The summed E-state index contributed by atoms with van der Waals surface area (Å²) in [6, 6.07) is 1.82. The molecule has 2 fully saturated rings. The molecule has 2 N–H and O–H groups in total. The Balaban J connectivity index is 1.64. The number of anilines is 1. The van der Waals surface area contributed by atoms with Gasteiger partial charge in [-0.15, -0.1) is 11.3 Å². The van der Waals surface area contributed by atoms with E-state index in [0.717, 1.165) is 18.0 Å². The van der Waals surface area contributed by atoms with Crippen molar-refractivity contribution >= 4 is 22.9 Å². The summed E-state index contributed by atoms with van der Waals surface area (Å²) < 4.78 is 0. The average molecular weight is 278 g/mol. The third-order valence-electron chi connectivity index (χ3n) is 4.92. The molecule has 2 heterocycles. The van der Waals surface area contributed by atoms with E-state index in [-0.39, 0.29) is 5.91 Å². The Hall–Kier alpha value is -1.03. The van der Waals surface area contributed by atoms with Crippen LogP contribution in [0.1, 0.15) is 54.6 Å². The molecule has 0 radical (unpaired) electrons. The van der Waals surface area contributed by atoms with Crippen molar-refractivity contribution in [3.05, 3.63) is 16.3 Å². The fourth-order valence-corrected chi connectivity index (χ4v) is 4.41. The van der Waals surface area contributed by atoms with Gasteiger partial charge >= 0.3 is 0 Å². The van der Waals surface area contributed by atoms with Crippen molar-refractivity contribution in [1.82, 2.24) is 4.90 Å². The van der Waals surface area contributed by atoms with Crippen molar-refractivity contribution in [1.29, 1.82) is 0 Å². The topological polar surface area (TPSA) is 46.3 Å². The monoisotopic (exact) mass is 278 g/mol. The van der Waals surface area contributed by atoms with Gasteiger partial charge in [-0.05, 0) is 42.5 Å². The number of rotatable bonds is 1. The lowest BCUT2D eigenvalue weighted by molar-refractivity contribution is 0.0477. The van der Waals surface area contributed by atoms with E-state index in [2.05, 4.69) is 0 Å². The van der Waals surface area contributed by atoms with Gasteiger partial charge in [-0.25, -0.2) is 0 Å². The lowest BCUT2D eigenvalue weighted by atomic mass is 9.68. The Morgan fingerprint density at radius 2 is 1.84 bits per heavy atom. The molecule has 4 heteroatoms. The fraction of sp³-hybridized carbons (Fsp3) is 0.667. The highest BCUT2D eigenvalue weighted by molar-refractivity contribution is 7.12. The van der Waals surface area contributed by atoms with Gasteiger partial charge in [0.1, 0.15) is 4.88 Å². The van der Waals surface area contributed by atoms with Crippen LogP contribution in [0, 0.1) is 5.41 Å². The number of piperidine rings is 1. The molecule has 1 aliphatic carbocycles. The normalized spacial score (nSPS) is 22.6. The SMILES string of the molecule is Nc1ccsc1C(=O)N1CCC2(CCCCC2)CC1. The number of nitrogens with zero attached hydrogens (tertiary/aromatic N) is 1. The minimum absolute atomic E-state index is 0.137. The smallest absolute Gasteiger partial charge is 0.266 e. The Kier molecular flexibility index (Phi) is 3.52. The van der Waals surface area contributed by atoms with E-state index in [1.807, 2.05) is 16.3 Å². The summed E-state index contributed by atoms with van der Waals surface area (Å²) in [4.78, 5) is 15.1. The summed E-state index contributed by atoms with van der Waals surface area (Å²) in [5.41, 5.74) is 7.03. The lowest BCUT2D eigenvalue weighted by Gasteiger charge is -2.44. The minimum atomic E-state index is 0.137. The molecule has 1 aromatic rings. The Morgan fingerprint density at radius 1 is 1.16 bits per heavy atom. The highest BCUT2D eigenvalue weighted by Gasteiger charge is 2.37. The molecule has 0 unspecified atom stereocenters. The van der Waals surface area contributed by atoms with Crippen LogP contribution in [0.5, 0.6) is 0 Å². The van der Waals surface area contributed by atoms with E-state index in [9.17, 15) is 4.79 Å². The number of likely N-dealkylation sites (tertiary alicyclic amines) is 1. The van der Waals surface area contributed by atoms with Gasteiger partial charge in [0.15, 0.2) is 0 Å². The first-order valence-corrected chi connectivity index (χ1v) is 8.20. The van der Waals surface area contributed by atoms with Crippen molar-refractivity contribution in [2.24, 2.45) is 5.41 Å². The predicted octanol–water partition coefficient (Wildman–Crippen LogP) is 3.52. The lowest BCUT2D eigenvalue weighted by Crippen LogP contribution is -2.43. The number of hydrogen-bond donors (Lipinski definition) is 1. The Morgan fingerprint density at radius 3 is 2.42 bits per heavy atom. The summed E-state index contributed by atoms with van der Waals surface area (Å²) in [6.07, 6.45) is 9.27. The zero-order valence-electron chi connectivity index (χ0n) is 11.4. The van der Waals surface area contributed by atoms with Crippen LogP contribution in [0.3, 0.4) is 0 Å². The summed E-state index contributed by atoms with van der Waals surface area (Å²) in [6.45, 7) is 1.83. The maximum Gasteiger partial charge on any atom is 0.266 e. The maximum atomic E-state index is 12.4. The molecule has 1 saturated carbocycles.